The summed E-state index contributed by atoms with van der Waals surface area (Å²) in [6.07, 6.45) is 0.555. The summed E-state index contributed by atoms with van der Waals surface area (Å²) in [7, 11) is 0. The second-order valence-electron chi connectivity index (χ2n) is 5.53. The van der Waals surface area contributed by atoms with Crippen LogP contribution in [0.1, 0.15) is 23.5 Å². The van der Waals surface area contributed by atoms with E-state index < -0.39 is 0 Å². The molecule has 1 unspecified atom stereocenters. The Morgan fingerprint density at radius 2 is 1.86 bits per heavy atom. The van der Waals surface area contributed by atoms with Crippen molar-refractivity contribution in [1.29, 1.82) is 0 Å². The molecule has 0 bridgehead atoms. The maximum absolute atomic E-state index is 12.1. The SMILES string of the molecule is O=C(OCc1ccccc1)N1CCC(c2ccccc2O)C1. The lowest BCUT2D eigenvalue weighted by Gasteiger charge is -2.17. The first-order chi connectivity index (χ1) is 10.7. The van der Waals surface area contributed by atoms with E-state index in [2.05, 4.69) is 0 Å². The molecule has 4 heteroatoms. The van der Waals surface area contributed by atoms with E-state index in [1.165, 1.54) is 0 Å². The van der Waals surface area contributed by atoms with Crippen LogP contribution in [0.25, 0.3) is 0 Å². The Hall–Kier alpha value is -2.49. The molecule has 0 radical (unpaired) electrons. The first kappa shape index (κ1) is 14.4. The van der Waals surface area contributed by atoms with Crippen LogP contribution in [0.3, 0.4) is 0 Å². The Morgan fingerprint density at radius 1 is 1.14 bits per heavy atom. The number of phenols is 1. The Balaban J connectivity index is 1.56. The number of likely N-dealkylation sites (tertiary alicyclic amines) is 1. The summed E-state index contributed by atoms with van der Waals surface area (Å²) in [5.41, 5.74) is 1.88. The Morgan fingerprint density at radius 3 is 2.64 bits per heavy atom. The molecular weight excluding hydrogens is 278 g/mol. The molecule has 1 heterocycles. The normalized spacial score (nSPS) is 17.5. The molecule has 1 saturated heterocycles. The number of nitrogens with zero attached hydrogens (tertiary/aromatic N) is 1. The highest BCUT2D eigenvalue weighted by molar-refractivity contribution is 5.68. The fourth-order valence-corrected chi connectivity index (χ4v) is 2.82. The van der Waals surface area contributed by atoms with Crippen molar-refractivity contribution in [3.8, 4) is 5.75 Å². The highest BCUT2D eigenvalue weighted by Gasteiger charge is 2.29. The number of hydrogen-bond acceptors (Lipinski definition) is 3. The zero-order chi connectivity index (χ0) is 15.4. The van der Waals surface area contributed by atoms with Crippen LogP contribution in [0.15, 0.2) is 54.6 Å². The lowest BCUT2D eigenvalue weighted by atomic mass is 9.98. The second kappa shape index (κ2) is 6.52. The largest absolute Gasteiger partial charge is 0.508 e. The van der Waals surface area contributed by atoms with Gasteiger partial charge in [0.1, 0.15) is 12.4 Å². The quantitative estimate of drug-likeness (QED) is 0.943. The number of carbonyl (C=O) groups is 1. The zero-order valence-electron chi connectivity index (χ0n) is 12.3. The average molecular weight is 297 g/mol. The summed E-state index contributed by atoms with van der Waals surface area (Å²) in [6.45, 7) is 1.54. The monoisotopic (exact) mass is 297 g/mol. The molecule has 1 aliphatic heterocycles. The van der Waals surface area contributed by atoms with Crippen LogP contribution in [-0.2, 0) is 11.3 Å². The molecule has 0 spiro atoms. The van der Waals surface area contributed by atoms with E-state index in [1.54, 1.807) is 17.0 Å². The first-order valence-electron chi connectivity index (χ1n) is 7.47. The summed E-state index contributed by atoms with van der Waals surface area (Å²) >= 11 is 0. The van der Waals surface area contributed by atoms with Crippen molar-refractivity contribution in [2.45, 2.75) is 18.9 Å². The van der Waals surface area contributed by atoms with Gasteiger partial charge in [-0.25, -0.2) is 4.79 Å². The molecule has 2 aromatic rings. The van der Waals surface area contributed by atoms with Crippen LogP contribution >= 0.6 is 0 Å². The van der Waals surface area contributed by atoms with Gasteiger partial charge in [-0.05, 0) is 23.6 Å². The molecule has 3 rings (SSSR count). The predicted molar refractivity (Wildman–Crippen MR) is 83.7 cm³/mol. The van der Waals surface area contributed by atoms with Crippen LogP contribution in [0.2, 0.25) is 0 Å². The summed E-state index contributed by atoms with van der Waals surface area (Å²) in [5, 5.41) is 9.91. The van der Waals surface area contributed by atoms with Crippen LogP contribution in [0.4, 0.5) is 4.79 Å². The fourth-order valence-electron chi connectivity index (χ4n) is 2.82. The standard InChI is InChI=1S/C18H19NO3/c20-17-9-5-4-8-16(17)15-10-11-19(12-15)18(21)22-13-14-6-2-1-3-7-14/h1-9,15,20H,10-13H2. The van der Waals surface area contributed by atoms with Crippen LogP contribution < -0.4 is 0 Å². The maximum atomic E-state index is 12.1. The summed E-state index contributed by atoms with van der Waals surface area (Å²) in [5.74, 6) is 0.470. The molecule has 0 aliphatic carbocycles. The molecular formula is C18H19NO3. The van der Waals surface area contributed by atoms with E-state index in [0.717, 1.165) is 17.5 Å². The second-order valence-corrected chi connectivity index (χ2v) is 5.53. The topological polar surface area (TPSA) is 49.8 Å². The van der Waals surface area contributed by atoms with Crippen molar-refractivity contribution in [3.63, 3.8) is 0 Å². The Kier molecular flexibility index (Phi) is 4.28. The molecule has 1 amide bonds. The maximum Gasteiger partial charge on any atom is 0.410 e. The van der Waals surface area contributed by atoms with Crippen molar-refractivity contribution in [2.24, 2.45) is 0 Å². The minimum Gasteiger partial charge on any atom is -0.508 e. The van der Waals surface area contributed by atoms with Gasteiger partial charge in [0, 0.05) is 19.0 Å². The van der Waals surface area contributed by atoms with Gasteiger partial charge < -0.3 is 14.7 Å². The van der Waals surface area contributed by atoms with E-state index in [0.29, 0.717) is 18.8 Å². The van der Waals surface area contributed by atoms with Crippen molar-refractivity contribution in [2.75, 3.05) is 13.1 Å². The number of benzene rings is 2. The number of para-hydroxylation sites is 1. The summed E-state index contributed by atoms with van der Waals surface area (Å²) in [4.78, 5) is 13.8. The summed E-state index contributed by atoms with van der Waals surface area (Å²) in [6, 6.07) is 17.0. The number of phenolic OH excluding ortho intramolecular Hbond substituents is 1. The number of carbonyl (C=O) groups excluding carboxylic acids is 1. The molecule has 4 nitrogen and oxygen atoms in total. The minimum atomic E-state index is -0.290. The van der Waals surface area contributed by atoms with E-state index in [4.69, 9.17) is 4.74 Å². The van der Waals surface area contributed by atoms with Gasteiger partial charge in [0.2, 0.25) is 0 Å². The van der Waals surface area contributed by atoms with Crippen molar-refractivity contribution < 1.29 is 14.6 Å². The van der Waals surface area contributed by atoms with E-state index in [1.807, 2.05) is 42.5 Å². The number of aromatic hydroxyl groups is 1. The molecule has 1 atom stereocenters. The lowest BCUT2D eigenvalue weighted by Crippen LogP contribution is -2.29. The van der Waals surface area contributed by atoms with Gasteiger partial charge in [-0.15, -0.1) is 0 Å². The van der Waals surface area contributed by atoms with E-state index >= 15 is 0 Å². The third kappa shape index (κ3) is 3.22. The minimum absolute atomic E-state index is 0.172. The van der Waals surface area contributed by atoms with Crippen molar-refractivity contribution >= 4 is 6.09 Å². The zero-order valence-corrected chi connectivity index (χ0v) is 12.3. The Bertz CT molecular complexity index is 642. The number of amides is 1. The Labute approximate surface area is 130 Å². The van der Waals surface area contributed by atoms with Gasteiger partial charge >= 0.3 is 6.09 Å². The van der Waals surface area contributed by atoms with Crippen LogP contribution in [0.5, 0.6) is 5.75 Å². The van der Waals surface area contributed by atoms with Gasteiger partial charge in [-0.2, -0.15) is 0 Å². The summed E-state index contributed by atoms with van der Waals surface area (Å²) < 4.78 is 5.35. The number of hydrogen-bond donors (Lipinski definition) is 1. The molecule has 22 heavy (non-hydrogen) atoms. The number of rotatable bonds is 3. The average Bonchev–Trinajstić information content (AvgIpc) is 3.04. The molecule has 1 fully saturated rings. The van der Waals surface area contributed by atoms with Gasteiger partial charge in [-0.1, -0.05) is 48.5 Å². The van der Waals surface area contributed by atoms with Crippen LogP contribution in [-0.4, -0.2) is 29.2 Å². The predicted octanol–water partition coefficient (Wildman–Crippen LogP) is 3.52. The first-order valence-corrected chi connectivity index (χ1v) is 7.47. The molecule has 1 aliphatic rings. The van der Waals surface area contributed by atoms with Crippen molar-refractivity contribution in [3.05, 3.63) is 65.7 Å². The van der Waals surface area contributed by atoms with Gasteiger partial charge in [0.25, 0.3) is 0 Å². The molecule has 0 aromatic heterocycles. The highest BCUT2D eigenvalue weighted by Crippen LogP contribution is 2.32. The molecule has 114 valence electrons. The smallest absolute Gasteiger partial charge is 0.410 e. The van der Waals surface area contributed by atoms with E-state index in [9.17, 15) is 9.90 Å². The fraction of sp³-hybridized carbons (Fsp3) is 0.278. The van der Waals surface area contributed by atoms with Gasteiger partial charge in [0.15, 0.2) is 0 Å². The van der Waals surface area contributed by atoms with Crippen LogP contribution in [0, 0.1) is 0 Å². The number of ether oxygens (including phenoxy) is 1. The molecule has 0 saturated carbocycles. The molecule has 2 aromatic carbocycles. The van der Waals surface area contributed by atoms with Gasteiger partial charge in [-0.3, -0.25) is 0 Å². The van der Waals surface area contributed by atoms with Gasteiger partial charge in [0.05, 0.1) is 0 Å². The third-order valence-corrected chi connectivity index (χ3v) is 4.03. The molecule has 1 N–H and O–H groups in total. The van der Waals surface area contributed by atoms with E-state index in [-0.39, 0.29) is 18.6 Å². The highest BCUT2D eigenvalue weighted by atomic mass is 16.6. The lowest BCUT2D eigenvalue weighted by molar-refractivity contribution is 0.104. The van der Waals surface area contributed by atoms with Crippen molar-refractivity contribution in [1.82, 2.24) is 4.90 Å². The third-order valence-electron chi connectivity index (χ3n) is 4.03.